The maximum atomic E-state index is 5.42. The third kappa shape index (κ3) is 2.61. The van der Waals surface area contributed by atoms with Gasteiger partial charge < -0.3 is 9.30 Å². The van der Waals surface area contributed by atoms with Crippen molar-refractivity contribution >= 4 is 63.9 Å². The summed E-state index contributed by atoms with van der Waals surface area (Å²) in [6, 6.07) is 13.0. The molecule has 0 atom stereocenters. The Bertz CT molecular complexity index is 891. The predicted octanol–water partition coefficient (Wildman–Crippen LogP) is 6.35. The van der Waals surface area contributed by atoms with Gasteiger partial charge in [-0.05, 0) is 54.6 Å². The largest absolute Gasteiger partial charge is 0.364 e. The molecule has 1 heterocycles. The maximum absolute atomic E-state index is 5.42. The zero-order valence-electron chi connectivity index (χ0n) is 12.8. The van der Waals surface area contributed by atoms with E-state index in [2.05, 4.69) is 93.3 Å². The first-order valence-electron chi connectivity index (χ1n) is 7.07. The second-order valence-corrected chi connectivity index (χ2v) is 7.46. The molecule has 1 aromatic heterocycles. The van der Waals surface area contributed by atoms with Crippen LogP contribution in [-0.4, -0.2) is 11.7 Å². The molecule has 0 aliphatic rings. The molecule has 0 saturated carbocycles. The Morgan fingerprint density at radius 1 is 1.14 bits per heavy atom. The van der Waals surface area contributed by atoms with E-state index in [4.69, 9.17) is 4.74 Å². The molecule has 0 unspecified atom stereocenters. The lowest BCUT2D eigenvalue weighted by molar-refractivity contribution is 0.138. The van der Waals surface area contributed by atoms with Gasteiger partial charge in [-0.3, -0.25) is 0 Å². The second kappa shape index (κ2) is 6.34. The van der Waals surface area contributed by atoms with Crippen molar-refractivity contribution in [1.29, 1.82) is 0 Å². The zero-order valence-corrected chi connectivity index (χ0v) is 16.5. The molecule has 22 heavy (non-hydrogen) atoms. The van der Waals surface area contributed by atoms with Gasteiger partial charge in [-0.25, -0.2) is 0 Å². The van der Waals surface area contributed by atoms with Gasteiger partial charge in [0.1, 0.15) is 6.73 Å². The minimum absolute atomic E-state index is 0.552. The summed E-state index contributed by atoms with van der Waals surface area (Å²) in [4.78, 5) is 0. The molecule has 0 radical (unpaired) electrons. The molecule has 2 nitrogen and oxygen atoms in total. The molecule has 2 aromatic carbocycles. The van der Waals surface area contributed by atoms with Crippen molar-refractivity contribution < 1.29 is 4.74 Å². The predicted molar refractivity (Wildman–Crippen MR) is 106 cm³/mol. The normalized spacial score (nSPS) is 11.3. The van der Waals surface area contributed by atoms with Crippen LogP contribution in [0.5, 0.6) is 0 Å². The summed E-state index contributed by atoms with van der Waals surface area (Å²) in [5, 5.41) is 2.51. The van der Waals surface area contributed by atoms with Gasteiger partial charge in [0.2, 0.25) is 0 Å². The molecule has 0 fully saturated rings. The number of fused-ring (bicyclic) bond motifs is 3. The van der Waals surface area contributed by atoms with E-state index in [-0.39, 0.29) is 0 Å². The van der Waals surface area contributed by atoms with Gasteiger partial charge >= 0.3 is 0 Å². The quantitative estimate of drug-likeness (QED) is 0.408. The summed E-state index contributed by atoms with van der Waals surface area (Å²) in [5.74, 6) is 0. The fraction of sp³-hybridized carbons (Fsp3) is 0.222. The van der Waals surface area contributed by atoms with Gasteiger partial charge in [0.05, 0.1) is 11.0 Å². The van der Waals surface area contributed by atoms with Crippen molar-refractivity contribution in [3.05, 3.63) is 52.0 Å². The topological polar surface area (TPSA) is 14.2 Å². The average molecular weight is 470 g/mol. The van der Waals surface area contributed by atoms with Gasteiger partial charge in [0, 0.05) is 31.5 Å². The van der Waals surface area contributed by atoms with Crippen molar-refractivity contribution in [2.75, 3.05) is 7.11 Å². The Kier molecular flexibility index (Phi) is 4.61. The first-order valence-corrected chi connectivity index (χ1v) is 8.94. The number of hydrogen-bond donors (Lipinski definition) is 0. The van der Waals surface area contributed by atoms with Crippen molar-refractivity contribution in [3.63, 3.8) is 0 Å². The van der Waals surface area contributed by atoms with Crippen LogP contribution < -0.4 is 0 Å². The van der Waals surface area contributed by atoms with E-state index < -0.39 is 0 Å². The van der Waals surface area contributed by atoms with Gasteiger partial charge in [-0.1, -0.05) is 39.7 Å². The van der Waals surface area contributed by atoms with Crippen LogP contribution in [0.25, 0.3) is 25.4 Å². The lowest BCUT2D eigenvalue weighted by atomic mass is 10.1. The van der Waals surface area contributed by atoms with Gasteiger partial charge in [-0.15, -0.1) is 0 Å². The number of hydrogen-bond acceptors (Lipinski definition) is 1. The molecule has 114 valence electrons. The summed E-state index contributed by atoms with van der Waals surface area (Å²) >= 11 is 6.16. The van der Waals surface area contributed by atoms with Crippen LogP contribution in [0.4, 0.5) is 0 Å². The van der Waals surface area contributed by atoms with E-state index in [1.165, 1.54) is 36.5 Å². The van der Waals surface area contributed by atoms with Crippen LogP contribution >= 0.6 is 38.5 Å². The Morgan fingerprint density at radius 2 is 1.86 bits per heavy atom. The Hall–Kier alpha value is -0.850. The molecule has 0 amide bonds. The monoisotopic (exact) mass is 469 g/mol. The van der Waals surface area contributed by atoms with Crippen molar-refractivity contribution in [1.82, 2.24) is 4.57 Å². The molecule has 0 saturated heterocycles. The minimum atomic E-state index is 0.552. The third-order valence-corrected chi connectivity index (χ3v) is 6.11. The SMILES string of the molecule is COCn1c2ccccc2c2cc(Br)c(C(I)=C(C)C)cc21. The van der Waals surface area contributed by atoms with Crippen LogP contribution in [0, 0.1) is 0 Å². The minimum Gasteiger partial charge on any atom is -0.364 e. The highest BCUT2D eigenvalue weighted by Gasteiger charge is 2.14. The number of allylic oxidation sites excluding steroid dienone is 1. The smallest absolute Gasteiger partial charge is 0.123 e. The van der Waals surface area contributed by atoms with E-state index in [1.807, 2.05) is 0 Å². The number of para-hydroxylation sites is 1. The van der Waals surface area contributed by atoms with Crippen molar-refractivity contribution in [3.8, 4) is 0 Å². The number of ether oxygens (including phenoxy) is 1. The standard InChI is InChI=1S/C18H17BrINO/c1-11(2)18(20)14-9-17-13(8-15(14)19)12-6-4-5-7-16(12)21(17)10-22-3/h4-9H,10H2,1-3H3. The molecule has 4 heteroatoms. The Labute approximate surface area is 152 Å². The number of benzene rings is 2. The highest BCUT2D eigenvalue weighted by Crippen LogP contribution is 2.38. The van der Waals surface area contributed by atoms with Gasteiger partial charge in [-0.2, -0.15) is 0 Å². The molecule has 3 aromatic rings. The zero-order chi connectivity index (χ0) is 15.9. The summed E-state index contributed by atoms with van der Waals surface area (Å²) in [5.41, 5.74) is 4.95. The summed E-state index contributed by atoms with van der Waals surface area (Å²) in [7, 11) is 1.74. The molecule has 0 N–H and O–H groups in total. The van der Waals surface area contributed by atoms with Crippen molar-refractivity contribution in [2.24, 2.45) is 0 Å². The lowest BCUT2D eigenvalue weighted by Crippen LogP contribution is -1.99. The Balaban J connectivity index is 2.43. The van der Waals surface area contributed by atoms with Gasteiger partial charge in [0.15, 0.2) is 0 Å². The number of aromatic nitrogens is 1. The fourth-order valence-electron chi connectivity index (χ4n) is 2.77. The van der Waals surface area contributed by atoms with E-state index in [1.54, 1.807) is 7.11 Å². The maximum Gasteiger partial charge on any atom is 0.123 e. The van der Waals surface area contributed by atoms with E-state index in [0.29, 0.717) is 6.73 Å². The third-order valence-electron chi connectivity index (χ3n) is 3.79. The van der Waals surface area contributed by atoms with Gasteiger partial charge in [0.25, 0.3) is 0 Å². The molecule has 3 rings (SSSR count). The van der Waals surface area contributed by atoms with E-state index >= 15 is 0 Å². The molecule has 0 aliphatic heterocycles. The molecular formula is C18H17BrINO. The number of rotatable bonds is 3. The highest BCUT2D eigenvalue weighted by atomic mass is 127. The highest BCUT2D eigenvalue weighted by molar-refractivity contribution is 14.1. The summed E-state index contributed by atoms with van der Waals surface area (Å²) < 4.78 is 10.1. The van der Waals surface area contributed by atoms with Crippen LogP contribution in [0.2, 0.25) is 0 Å². The van der Waals surface area contributed by atoms with Crippen LogP contribution in [0.3, 0.4) is 0 Å². The fourth-order valence-corrected chi connectivity index (χ4v) is 4.13. The number of methoxy groups -OCH3 is 1. The molecule has 0 bridgehead atoms. The van der Waals surface area contributed by atoms with Crippen molar-refractivity contribution in [2.45, 2.75) is 20.6 Å². The number of halogens is 2. The summed E-state index contributed by atoms with van der Waals surface area (Å²) in [6.45, 7) is 4.84. The first kappa shape index (κ1) is 16.0. The molecule has 0 spiro atoms. The second-order valence-electron chi connectivity index (χ2n) is 5.53. The average Bonchev–Trinajstić information content (AvgIpc) is 2.80. The van der Waals surface area contributed by atoms with Crippen LogP contribution in [0.1, 0.15) is 19.4 Å². The van der Waals surface area contributed by atoms with E-state index in [0.717, 1.165) is 4.47 Å². The number of nitrogens with zero attached hydrogens (tertiary/aromatic N) is 1. The van der Waals surface area contributed by atoms with E-state index in [9.17, 15) is 0 Å². The van der Waals surface area contributed by atoms with Crippen LogP contribution in [0.15, 0.2) is 46.4 Å². The Morgan fingerprint density at radius 3 is 2.55 bits per heavy atom. The summed E-state index contributed by atoms with van der Waals surface area (Å²) in [6.07, 6.45) is 0. The first-order chi connectivity index (χ1) is 10.5. The molecule has 0 aliphatic carbocycles. The molecular weight excluding hydrogens is 453 g/mol. The van der Waals surface area contributed by atoms with Crippen LogP contribution in [-0.2, 0) is 11.5 Å². The lowest BCUT2D eigenvalue weighted by Gasteiger charge is -2.09.